The third-order valence-corrected chi connectivity index (χ3v) is 3.55. The van der Waals surface area contributed by atoms with E-state index in [0.29, 0.717) is 25.7 Å². The summed E-state index contributed by atoms with van der Waals surface area (Å²) in [5.41, 5.74) is -1.20. The summed E-state index contributed by atoms with van der Waals surface area (Å²) in [7, 11) is 1.62. The maximum absolute atomic E-state index is 13.6. The largest absolute Gasteiger partial charge is 0.385 e. The molecular weight excluding hydrogens is 226 g/mol. The molecule has 0 atom stereocenters. The molecule has 2 nitrogen and oxygen atoms in total. The Hall–Kier alpha value is -1.00. The van der Waals surface area contributed by atoms with Crippen molar-refractivity contribution in [3.63, 3.8) is 0 Å². The summed E-state index contributed by atoms with van der Waals surface area (Å²) in [5.74, 6) is -1.85. The maximum Gasteiger partial charge on any atom is 0.164 e. The van der Waals surface area contributed by atoms with Gasteiger partial charge >= 0.3 is 0 Å². The Kier molecular flexibility index (Phi) is 3.45. The molecular formula is C13H16F2O2. The summed E-state index contributed by atoms with van der Waals surface area (Å²) >= 11 is 0. The molecule has 0 amide bonds. The number of hydrogen-bond donors (Lipinski definition) is 1. The van der Waals surface area contributed by atoms with Gasteiger partial charge in [-0.1, -0.05) is 12.1 Å². The van der Waals surface area contributed by atoms with Crippen LogP contribution in [-0.2, 0) is 10.3 Å². The van der Waals surface area contributed by atoms with Crippen molar-refractivity contribution < 1.29 is 18.6 Å². The third-order valence-electron chi connectivity index (χ3n) is 3.55. The average Bonchev–Trinajstić information content (AvgIpc) is 2.33. The number of halogens is 2. The van der Waals surface area contributed by atoms with Crippen molar-refractivity contribution in [3.05, 3.63) is 35.4 Å². The second-order valence-corrected chi connectivity index (χ2v) is 4.57. The van der Waals surface area contributed by atoms with Crippen molar-refractivity contribution in [3.8, 4) is 0 Å². The zero-order valence-corrected chi connectivity index (χ0v) is 9.75. The maximum atomic E-state index is 13.6. The van der Waals surface area contributed by atoms with Gasteiger partial charge in [0.05, 0.1) is 11.7 Å². The molecule has 0 spiro atoms. The van der Waals surface area contributed by atoms with Crippen LogP contribution in [0.2, 0.25) is 0 Å². The highest BCUT2D eigenvalue weighted by atomic mass is 19.2. The van der Waals surface area contributed by atoms with E-state index >= 15 is 0 Å². The van der Waals surface area contributed by atoms with Crippen LogP contribution in [-0.4, -0.2) is 18.3 Å². The Balaban J connectivity index is 2.24. The van der Waals surface area contributed by atoms with Gasteiger partial charge in [-0.05, 0) is 31.7 Å². The van der Waals surface area contributed by atoms with Gasteiger partial charge < -0.3 is 9.84 Å². The number of rotatable bonds is 2. The summed E-state index contributed by atoms with van der Waals surface area (Å²) in [5, 5.41) is 10.4. The fourth-order valence-electron chi connectivity index (χ4n) is 2.44. The second kappa shape index (κ2) is 4.70. The van der Waals surface area contributed by atoms with Gasteiger partial charge in [-0.2, -0.15) is 0 Å². The van der Waals surface area contributed by atoms with Gasteiger partial charge in [0.25, 0.3) is 0 Å². The van der Waals surface area contributed by atoms with Crippen molar-refractivity contribution in [2.45, 2.75) is 37.4 Å². The van der Waals surface area contributed by atoms with E-state index < -0.39 is 17.2 Å². The first-order chi connectivity index (χ1) is 8.07. The lowest BCUT2D eigenvalue weighted by Gasteiger charge is -2.36. The fraction of sp³-hybridized carbons (Fsp3) is 0.538. The Morgan fingerprint density at radius 1 is 1.29 bits per heavy atom. The smallest absolute Gasteiger partial charge is 0.164 e. The van der Waals surface area contributed by atoms with Crippen molar-refractivity contribution in [1.82, 2.24) is 0 Å². The summed E-state index contributed by atoms with van der Waals surface area (Å²) in [6.07, 6.45) is 2.20. The van der Waals surface area contributed by atoms with Gasteiger partial charge in [0, 0.05) is 12.7 Å². The zero-order valence-electron chi connectivity index (χ0n) is 9.75. The lowest BCUT2D eigenvalue weighted by molar-refractivity contribution is -0.0497. The van der Waals surface area contributed by atoms with E-state index in [2.05, 4.69) is 0 Å². The van der Waals surface area contributed by atoms with Gasteiger partial charge in [-0.3, -0.25) is 0 Å². The number of hydrogen-bond acceptors (Lipinski definition) is 2. The van der Waals surface area contributed by atoms with Crippen LogP contribution in [0.25, 0.3) is 0 Å². The Morgan fingerprint density at radius 3 is 2.53 bits per heavy atom. The molecule has 1 aliphatic carbocycles. The lowest BCUT2D eigenvalue weighted by Crippen LogP contribution is -2.35. The van der Waals surface area contributed by atoms with Gasteiger partial charge in [-0.15, -0.1) is 0 Å². The molecule has 94 valence electrons. The molecule has 1 fully saturated rings. The number of aliphatic hydroxyl groups is 1. The Morgan fingerprint density at radius 2 is 1.94 bits per heavy atom. The van der Waals surface area contributed by atoms with Gasteiger partial charge in [0.15, 0.2) is 11.6 Å². The molecule has 0 unspecified atom stereocenters. The average molecular weight is 242 g/mol. The predicted molar refractivity (Wildman–Crippen MR) is 59.5 cm³/mol. The van der Waals surface area contributed by atoms with Gasteiger partial charge in [0.1, 0.15) is 0 Å². The van der Waals surface area contributed by atoms with E-state index in [1.165, 1.54) is 12.1 Å². The topological polar surface area (TPSA) is 29.5 Å². The van der Waals surface area contributed by atoms with Crippen molar-refractivity contribution in [2.24, 2.45) is 0 Å². The van der Waals surface area contributed by atoms with Crippen LogP contribution >= 0.6 is 0 Å². The van der Waals surface area contributed by atoms with Crippen LogP contribution in [0.3, 0.4) is 0 Å². The predicted octanol–water partition coefficient (Wildman–Crippen LogP) is 2.74. The van der Waals surface area contributed by atoms with Crippen LogP contribution < -0.4 is 0 Å². The summed E-state index contributed by atoms with van der Waals surface area (Å²) in [6, 6.07) is 3.93. The minimum atomic E-state index is -1.26. The first-order valence-electron chi connectivity index (χ1n) is 5.76. The molecule has 0 aromatic heterocycles. The Labute approximate surface area is 99.2 Å². The minimum Gasteiger partial charge on any atom is -0.385 e. The Bertz CT molecular complexity index is 398. The van der Waals surface area contributed by atoms with Crippen LogP contribution in [0.1, 0.15) is 31.2 Å². The second-order valence-electron chi connectivity index (χ2n) is 4.57. The van der Waals surface area contributed by atoms with Crippen LogP contribution in [0, 0.1) is 11.6 Å². The van der Waals surface area contributed by atoms with Crippen LogP contribution in [0.15, 0.2) is 18.2 Å². The minimum absolute atomic E-state index is 0.0621. The van der Waals surface area contributed by atoms with E-state index in [0.717, 1.165) is 6.07 Å². The monoisotopic (exact) mass is 242 g/mol. The zero-order chi connectivity index (χ0) is 12.5. The van der Waals surface area contributed by atoms with E-state index in [1.807, 2.05) is 0 Å². The molecule has 0 radical (unpaired) electrons. The first-order valence-corrected chi connectivity index (χ1v) is 5.76. The number of methoxy groups -OCH3 is 1. The molecule has 0 aliphatic heterocycles. The summed E-state index contributed by atoms with van der Waals surface area (Å²) in [6.45, 7) is 0. The van der Waals surface area contributed by atoms with Gasteiger partial charge in [-0.25, -0.2) is 8.78 Å². The van der Waals surface area contributed by atoms with E-state index in [1.54, 1.807) is 7.11 Å². The van der Waals surface area contributed by atoms with E-state index in [4.69, 9.17) is 4.74 Å². The lowest BCUT2D eigenvalue weighted by atomic mass is 9.78. The van der Waals surface area contributed by atoms with Crippen molar-refractivity contribution in [1.29, 1.82) is 0 Å². The quantitative estimate of drug-likeness (QED) is 0.864. The molecule has 1 aromatic rings. The first kappa shape index (κ1) is 12.5. The normalized spacial score (nSPS) is 29.3. The number of ether oxygens (including phenoxy) is 1. The van der Waals surface area contributed by atoms with Crippen LogP contribution in [0.4, 0.5) is 8.78 Å². The van der Waals surface area contributed by atoms with Crippen molar-refractivity contribution in [2.75, 3.05) is 7.11 Å². The number of benzene rings is 1. The van der Waals surface area contributed by atoms with E-state index in [-0.39, 0.29) is 11.7 Å². The molecule has 1 N–H and O–H groups in total. The highest BCUT2D eigenvalue weighted by molar-refractivity contribution is 5.26. The molecule has 2 rings (SSSR count). The molecule has 17 heavy (non-hydrogen) atoms. The molecule has 0 saturated heterocycles. The molecule has 0 bridgehead atoms. The van der Waals surface area contributed by atoms with Crippen molar-refractivity contribution >= 4 is 0 Å². The summed E-state index contributed by atoms with van der Waals surface area (Å²) in [4.78, 5) is 0. The SMILES string of the molecule is COC1CCC(O)(c2cccc(F)c2F)CC1. The molecule has 1 saturated carbocycles. The molecule has 1 aliphatic rings. The molecule has 1 aromatic carbocycles. The standard InChI is InChI=1S/C13H16F2O2/c1-17-9-5-7-13(16,8-6-9)10-3-2-4-11(14)12(10)15/h2-4,9,16H,5-8H2,1H3. The third kappa shape index (κ3) is 2.33. The van der Waals surface area contributed by atoms with Gasteiger partial charge in [0.2, 0.25) is 0 Å². The summed E-state index contributed by atoms with van der Waals surface area (Å²) < 4.78 is 32.0. The fourth-order valence-corrected chi connectivity index (χ4v) is 2.44. The van der Waals surface area contributed by atoms with Crippen LogP contribution in [0.5, 0.6) is 0 Å². The highest BCUT2D eigenvalue weighted by Gasteiger charge is 2.37. The highest BCUT2D eigenvalue weighted by Crippen LogP contribution is 2.39. The van der Waals surface area contributed by atoms with E-state index in [9.17, 15) is 13.9 Å². The molecule has 0 heterocycles. The molecule has 4 heteroatoms.